The van der Waals surface area contributed by atoms with Gasteiger partial charge < -0.3 is 10.2 Å². The maximum atomic E-state index is 13.0. The number of nitrogens with zero attached hydrogens (tertiary/aromatic N) is 2. The average Bonchev–Trinajstić information content (AvgIpc) is 2.88. The minimum atomic E-state index is -0.543. The van der Waals surface area contributed by atoms with Crippen LogP contribution in [0.4, 0.5) is 5.69 Å². The van der Waals surface area contributed by atoms with Gasteiger partial charge in [-0.05, 0) is 48.9 Å². The van der Waals surface area contributed by atoms with Crippen molar-refractivity contribution in [2.24, 2.45) is 0 Å². The van der Waals surface area contributed by atoms with E-state index in [0.29, 0.717) is 22.2 Å². The number of fused-ring (bicyclic) bond motifs is 1. The molecule has 8 nitrogen and oxygen atoms in total. The Hall–Kier alpha value is -4.46. The first-order valence-electron chi connectivity index (χ1n) is 11.3. The van der Waals surface area contributed by atoms with Gasteiger partial charge in [0.15, 0.2) is 0 Å². The van der Waals surface area contributed by atoms with Crippen LogP contribution in [0.2, 0.25) is 0 Å². The zero-order valence-electron chi connectivity index (χ0n) is 19.5. The van der Waals surface area contributed by atoms with Crippen LogP contribution in [0.3, 0.4) is 0 Å². The first-order chi connectivity index (χ1) is 16.8. The summed E-state index contributed by atoms with van der Waals surface area (Å²) in [5, 5.41) is 3.29. The highest BCUT2D eigenvalue weighted by atomic mass is 16.2. The molecule has 0 aliphatic heterocycles. The van der Waals surface area contributed by atoms with Crippen LogP contribution in [0, 0.1) is 0 Å². The molecule has 0 aliphatic carbocycles. The van der Waals surface area contributed by atoms with Gasteiger partial charge in [0, 0.05) is 31.3 Å². The zero-order valence-corrected chi connectivity index (χ0v) is 19.5. The number of hydrogen-bond acceptors (Lipinski definition) is 4. The van der Waals surface area contributed by atoms with Crippen LogP contribution in [0.25, 0.3) is 10.9 Å². The Kier molecular flexibility index (Phi) is 6.91. The van der Waals surface area contributed by atoms with Crippen LogP contribution in [-0.4, -0.2) is 33.3 Å². The standard InChI is InChI=1S/C27H26N4O4/c1-18(20-11-8-12-21(17-20)28-25(33)19-9-4-3-5-10-19)30(2)24(32)15-16-31-23-14-7-6-13-22(23)26(34)29-27(31)35/h3-14,17-18H,15-16H2,1-2H3,(H,28,33)(H,29,34,35)/t18-/m1/s1. The molecule has 178 valence electrons. The minimum Gasteiger partial charge on any atom is -0.339 e. The highest BCUT2D eigenvalue weighted by Gasteiger charge is 2.19. The Labute approximate surface area is 201 Å². The number of rotatable bonds is 7. The number of para-hydroxylation sites is 1. The van der Waals surface area contributed by atoms with Crippen molar-refractivity contribution in [3.63, 3.8) is 0 Å². The number of aromatic nitrogens is 2. The first kappa shape index (κ1) is 23.7. The van der Waals surface area contributed by atoms with Gasteiger partial charge in [0.2, 0.25) is 5.91 Å². The van der Waals surface area contributed by atoms with Crippen molar-refractivity contribution in [3.8, 4) is 0 Å². The van der Waals surface area contributed by atoms with Gasteiger partial charge >= 0.3 is 5.69 Å². The molecule has 35 heavy (non-hydrogen) atoms. The third-order valence-corrected chi connectivity index (χ3v) is 6.09. The van der Waals surface area contributed by atoms with E-state index in [-0.39, 0.29) is 30.8 Å². The second-order valence-electron chi connectivity index (χ2n) is 8.30. The maximum absolute atomic E-state index is 13.0. The first-order valence-corrected chi connectivity index (χ1v) is 11.3. The third kappa shape index (κ3) is 5.22. The Morgan fingerprint density at radius 1 is 0.971 bits per heavy atom. The molecular weight excluding hydrogens is 444 g/mol. The molecule has 0 unspecified atom stereocenters. The molecule has 3 aromatic carbocycles. The predicted molar refractivity (Wildman–Crippen MR) is 135 cm³/mol. The van der Waals surface area contributed by atoms with E-state index < -0.39 is 11.2 Å². The minimum absolute atomic E-state index is 0.0845. The van der Waals surface area contributed by atoms with Gasteiger partial charge in [-0.1, -0.05) is 42.5 Å². The van der Waals surface area contributed by atoms with Gasteiger partial charge in [-0.25, -0.2) is 4.79 Å². The molecule has 0 fully saturated rings. The molecule has 0 radical (unpaired) electrons. The van der Waals surface area contributed by atoms with Crippen molar-refractivity contribution in [1.29, 1.82) is 0 Å². The van der Waals surface area contributed by atoms with Crippen molar-refractivity contribution < 1.29 is 9.59 Å². The number of aryl methyl sites for hydroxylation is 1. The van der Waals surface area contributed by atoms with Crippen LogP contribution in [-0.2, 0) is 11.3 Å². The normalized spacial score (nSPS) is 11.7. The molecule has 1 aromatic heterocycles. The molecule has 4 rings (SSSR count). The van der Waals surface area contributed by atoms with Gasteiger partial charge in [-0.3, -0.25) is 23.9 Å². The molecule has 8 heteroatoms. The van der Waals surface area contributed by atoms with Gasteiger partial charge in [0.25, 0.3) is 11.5 Å². The maximum Gasteiger partial charge on any atom is 0.328 e. The lowest BCUT2D eigenvalue weighted by molar-refractivity contribution is -0.132. The molecule has 0 bridgehead atoms. The molecule has 0 aliphatic rings. The zero-order chi connectivity index (χ0) is 24.9. The Bertz CT molecular complexity index is 1490. The Balaban J connectivity index is 1.45. The van der Waals surface area contributed by atoms with E-state index in [2.05, 4.69) is 10.3 Å². The fourth-order valence-corrected chi connectivity index (χ4v) is 3.96. The summed E-state index contributed by atoms with van der Waals surface area (Å²) in [6, 6.07) is 22.8. The molecule has 0 saturated carbocycles. The summed E-state index contributed by atoms with van der Waals surface area (Å²) in [5.74, 6) is -0.364. The summed E-state index contributed by atoms with van der Waals surface area (Å²) in [6.07, 6.45) is 0.0845. The molecule has 1 heterocycles. The molecular formula is C27H26N4O4. The molecule has 2 N–H and O–H groups in total. The van der Waals surface area contributed by atoms with Crippen molar-refractivity contribution in [2.45, 2.75) is 25.9 Å². The van der Waals surface area contributed by atoms with Crippen molar-refractivity contribution in [2.75, 3.05) is 12.4 Å². The van der Waals surface area contributed by atoms with Crippen LogP contribution in [0.5, 0.6) is 0 Å². The molecule has 1 atom stereocenters. The lowest BCUT2D eigenvalue weighted by atomic mass is 10.1. The van der Waals surface area contributed by atoms with Gasteiger partial charge in [-0.15, -0.1) is 0 Å². The van der Waals surface area contributed by atoms with E-state index in [9.17, 15) is 19.2 Å². The van der Waals surface area contributed by atoms with Gasteiger partial charge in [0.1, 0.15) is 0 Å². The molecule has 2 amide bonds. The Morgan fingerprint density at radius 2 is 1.69 bits per heavy atom. The van der Waals surface area contributed by atoms with Crippen molar-refractivity contribution >= 4 is 28.4 Å². The third-order valence-electron chi connectivity index (χ3n) is 6.09. The number of amides is 2. The fraction of sp³-hybridized carbons (Fsp3) is 0.185. The number of nitrogens with one attached hydrogen (secondary N) is 2. The number of benzene rings is 3. The second kappa shape index (κ2) is 10.2. The van der Waals surface area contributed by atoms with E-state index in [1.54, 1.807) is 66.5 Å². The largest absolute Gasteiger partial charge is 0.339 e. The number of hydrogen-bond donors (Lipinski definition) is 2. The summed E-state index contributed by atoms with van der Waals surface area (Å²) in [4.78, 5) is 53.8. The SMILES string of the molecule is C[C@H](c1cccc(NC(=O)c2ccccc2)c1)N(C)C(=O)CCn1c(=O)[nH]c(=O)c2ccccc21. The fourth-order valence-electron chi connectivity index (χ4n) is 3.96. The average molecular weight is 471 g/mol. The van der Waals surface area contributed by atoms with E-state index >= 15 is 0 Å². The smallest absolute Gasteiger partial charge is 0.328 e. The summed E-state index contributed by atoms with van der Waals surface area (Å²) in [6.45, 7) is 2.04. The highest BCUT2D eigenvalue weighted by molar-refractivity contribution is 6.04. The molecule has 0 spiro atoms. The van der Waals surface area contributed by atoms with Crippen LogP contribution in [0.15, 0.2) is 88.5 Å². The predicted octanol–water partition coefficient (Wildman–Crippen LogP) is 3.55. The lowest BCUT2D eigenvalue weighted by Gasteiger charge is -2.26. The number of anilines is 1. The van der Waals surface area contributed by atoms with Crippen LogP contribution >= 0.6 is 0 Å². The summed E-state index contributed by atoms with van der Waals surface area (Å²) in [7, 11) is 1.70. The van der Waals surface area contributed by atoms with Crippen molar-refractivity contribution in [1.82, 2.24) is 14.5 Å². The summed E-state index contributed by atoms with van der Waals surface area (Å²) >= 11 is 0. The van der Waals surface area contributed by atoms with E-state index in [1.165, 1.54) is 4.57 Å². The number of carbonyl (C=O) groups excluding carboxylic acids is 2. The topological polar surface area (TPSA) is 104 Å². The number of aromatic amines is 1. The van der Waals surface area contributed by atoms with Crippen LogP contribution in [0.1, 0.15) is 35.3 Å². The Morgan fingerprint density at radius 3 is 2.46 bits per heavy atom. The van der Waals surface area contributed by atoms with E-state index in [0.717, 1.165) is 5.56 Å². The summed E-state index contributed by atoms with van der Waals surface area (Å²) < 4.78 is 1.41. The number of carbonyl (C=O) groups is 2. The second-order valence-corrected chi connectivity index (χ2v) is 8.30. The number of H-pyrrole nitrogens is 1. The lowest BCUT2D eigenvalue weighted by Crippen LogP contribution is -2.34. The highest BCUT2D eigenvalue weighted by Crippen LogP contribution is 2.23. The molecule has 0 saturated heterocycles. The van der Waals surface area contributed by atoms with E-state index in [4.69, 9.17) is 0 Å². The van der Waals surface area contributed by atoms with Crippen molar-refractivity contribution in [3.05, 3.63) is 111 Å². The van der Waals surface area contributed by atoms with Gasteiger partial charge in [0.05, 0.1) is 16.9 Å². The molecule has 4 aromatic rings. The van der Waals surface area contributed by atoms with E-state index in [1.807, 2.05) is 31.2 Å². The van der Waals surface area contributed by atoms with Gasteiger partial charge in [-0.2, -0.15) is 0 Å². The quantitative estimate of drug-likeness (QED) is 0.431. The summed E-state index contributed by atoms with van der Waals surface area (Å²) in [5.41, 5.74) is 1.56. The van der Waals surface area contributed by atoms with Crippen LogP contribution < -0.4 is 16.6 Å². The monoisotopic (exact) mass is 470 g/mol.